The number of rotatable bonds is 1. The van der Waals surface area contributed by atoms with Crippen LogP contribution < -0.4 is 0 Å². The summed E-state index contributed by atoms with van der Waals surface area (Å²) in [6.07, 6.45) is 4.29. The van der Waals surface area contributed by atoms with Crippen LogP contribution in [0, 0.1) is 0 Å². The van der Waals surface area contributed by atoms with E-state index in [1.165, 1.54) is 26.2 Å². The predicted molar refractivity (Wildman–Crippen MR) is 45.5 cm³/mol. The van der Waals surface area contributed by atoms with Gasteiger partial charge in [0.2, 0.25) is 0 Å². The van der Waals surface area contributed by atoms with Gasteiger partial charge in [-0.05, 0) is 19.2 Å². The number of likely N-dealkylation sites (N-methyl/N-ethyl adjacent to an activating group) is 1. The van der Waals surface area contributed by atoms with Gasteiger partial charge in [-0.25, -0.2) is 0 Å². The third kappa shape index (κ3) is 1.38. The van der Waals surface area contributed by atoms with E-state index in [9.17, 15) is 0 Å². The Kier molecular flexibility index (Phi) is 1.82. The molecule has 11 heavy (non-hydrogen) atoms. The van der Waals surface area contributed by atoms with Gasteiger partial charge in [-0.3, -0.25) is 4.90 Å². The van der Waals surface area contributed by atoms with Crippen LogP contribution in [0.3, 0.4) is 0 Å². The second-order valence-corrected chi connectivity index (χ2v) is 3.33. The highest BCUT2D eigenvalue weighted by atomic mass is 15.3. The van der Waals surface area contributed by atoms with Crippen LogP contribution in [-0.4, -0.2) is 49.1 Å². The Hall–Kier alpha value is -0.560. The van der Waals surface area contributed by atoms with Gasteiger partial charge >= 0.3 is 0 Å². The fourth-order valence-electron chi connectivity index (χ4n) is 1.51. The summed E-state index contributed by atoms with van der Waals surface area (Å²) in [5, 5.41) is 0. The topological polar surface area (TPSA) is 6.48 Å². The molecule has 0 radical (unpaired) electrons. The van der Waals surface area contributed by atoms with Crippen molar-refractivity contribution in [3.8, 4) is 0 Å². The largest absolute Gasteiger partial charge is 0.304 e. The first-order valence-electron chi connectivity index (χ1n) is 4.21. The Labute approximate surface area is 67.8 Å². The average Bonchev–Trinajstić information content (AvgIpc) is 1.90. The molecule has 1 aliphatic heterocycles. The minimum atomic E-state index is 0.601. The highest BCUT2D eigenvalue weighted by molar-refractivity contribution is 5.15. The van der Waals surface area contributed by atoms with E-state index >= 15 is 0 Å². The van der Waals surface area contributed by atoms with Gasteiger partial charge in [-0.1, -0.05) is 0 Å². The maximum absolute atomic E-state index is 3.06. The van der Waals surface area contributed by atoms with Crippen LogP contribution in [0.4, 0.5) is 0 Å². The van der Waals surface area contributed by atoms with E-state index in [1.807, 2.05) is 0 Å². The van der Waals surface area contributed by atoms with E-state index in [1.54, 1.807) is 0 Å². The number of piperazine rings is 1. The molecule has 1 fully saturated rings. The highest BCUT2D eigenvalue weighted by Crippen LogP contribution is 2.10. The third-order valence-corrected chi connectivity index (χ3v) is 2.49. The molecule has 2 rings (SSSR count). The van der Waals surface area contributed by atoms with Crippen molar-refractivity contribution in [1.29, 1.82) is 0 Å². The molecule has 0 bridgehead atoms. The van der Waals surface area contributed by atoms with Crippen molar-refractivity contribution in [2.24, 2.45) is 0 Å². The molecule has 0 amide bonds. The van der Waals surface area contributed by atoms with Gasteiger partial charge in [-0.15, -0.1) is 5.73 Å². The molecule has 2 heteroatoms. The fraction of sp³-hybridized carbons (Fsp3) is 0.667. The van der Waals surface area contributed by atoms with Crippen LogP contribution in [0.1, 0.15) is 0 Å². The van der Waals surface area contributed by atoms with E-state index in [4.69, 9.17) is 0 Å². The summed E-state index contributed by atoms with van der Waals surface area (Å²) in [5.41, 5.74) is 3.06. The summed E-state index contributed by atoms with van der Waals surface area (Å²) in [7, 11) is 2.18. The zero-order chi connectivity index (χ0) is 7.68. The Balaban J connectivity index is 1.83. The van der Waals surface area contributed by atoms with E-state index in [0.29, 0.717) is 6.04 Å². The molecule has 0 spiro atoms. The molecular formula is C9H14N2. The van der Waals surface area contributed by atoms with E-state index < -0.39 is 0 Å². The zero-order valence-corrected chi connectivity index (χ0v) is 6.95. The van der Waals surface area contributed by atoms with Crippen molar-refractivity contribution >= 4 is 0 Å². The van der Waals surface area contributed by atoms with Crippen molar-refractivity contribution in [3.05, 3.63) is 17.9 Å². The normalized spacial score (nSPS) is 27.4. The first-order valence-corrected chi connectivity index (χ1v) is 4.21. The molecule has 0 N–H and O–H groups in total. The van der Waals surface area contributed by atoms with Crippen LogP contribution >= 0.6 is 0 Å². The lowest BCUT2D eigenvalue weighted by molar-refractivity contribution is 0.143. The summed E-state index contributed by atoms with van der Waals surface area (Å²) in [6.45, 7) is 4.82. The van der Waals surface area contributed by atoms with Gasteiger partial charge in [0.25, 0.3) is 0 Å². The summed E-state index contributed by atoms with van der Waals surface area (Å²) in [5.74, 6) is 0. The van der Waals surface area contributed by atoms with Crippen molar-refractivity contribution in [2.45, 2.75) is 6.04 Å². The van der Waals surface area contributed by atoms with Gasteiger partial charge in [-0.2, -0.15) is 0 Å². The molecule has 0 unspecified atom stereocenters. The van der Waals surface area contributed by atoms with Crippen LogP contribution in [0.2, 0.25) is 0 Å². The second-order valence-electron chi connectivity index (χ2n) is 3.33. The summed E-state index contributed by atoms with van der Waals surface area (Å²) in [4.78, 5) is 4.87. The zero-order valence-electron chi connectivity index (χ0n) is 6.95. The molecule has 0 atom stereocenters. The van der Waals surface area contributed by atoms with Gasteiger partial charge in [0.15, 0.2) is 0 Å². The maximum Gasteiger partial charge on any atom is 0.0611 e. The predicted octanol–water partition coefficient (Wildman–Crippen LogP) is 0.327. The molecule has 0 aromatic carbocycles. The number of hydrogen-bond donors (Lipinski definition) is 0. The maximum atomic E-state index is 3.06. The average molecular weight is 150 g/mol. The van der Waals surface area contributed by atoms with Gasteiger partial charge in [0.05, 0.1) is 6.04 Å². The molecule has 0 saturated carbocycles. The Morgan fingerprint density at radius 3 is 2.27 bits per heavy atom. The highest BCUT2D eigenvalue weighted by Gasteiger charge is 2.20. The second kappa shape index (κ2) is 2.82. The van der Waals surface area contributed by atoms with Crippen LogP contribution in [0.15, 0.2) is 17.9 Å². The SMILES string of the molecule is CN1CCN(C2C=C=C2)CC1. The minimum Gasteiger partial charge on any atom is -0.304 e. The van der Waals surface area contributed by atoms with Crippen LogP contribution in [-0.2, 0) is 0 Å². The third-order valence-electron chi connectivity index (χ3n) is 2.49. The van der Waals surface area contributed by atoms with Gasteiger partial charge < -0.3 is 4.90 Å². The summed E-state index contributed by atoms with van der Waals surface area (Å²) in [6, 6.07) is 0.601. The molecular weight excluding hydrogens is 136 g/mol. The van der Waals surface area contributed by atoms with Gasteiger partial charge in [0, 0.05) is 26.2 Å². The Morgan fingerprint density at radius 1 is 1.18 bits per heavy atom. The first-order chi connectivity index (χ1) is 5.36. The smallest absolute Gasteiger partial charge is 0.0611 e. The van der Waals surface area contributed by atoms with E-state index in [-0.39, 0.29) is 0 Å². The molecule has 1 heterocycles. The lowest BCUT2D eigenvalue weighted by Crippen LogP contribution is -2.48. The van der Waals surface area contributed by atoms with Crippen molar-refractivity contribution in [3.63, 3.8) is 0 Å². The van der Waals surface area contributed by atoms with Crippen molar-refractivity contribution < 1.29 is 0 Å². The lowest BCUT2D eigenvalue weighted by atomic mass is 10.1. The molecule has 1 saturated heterocycles. The summed E-state index contributed by atoms with van der Waals surface area (Å²) >= 11 is 0. The quantitative estimate of drug-likeness (QED) is 0.497. The number of nitrogens with zero attached hydrogens (tertiary/aromatic N) is 2. The fourth-order valence-corrected chi connectivity index (χ4v) is 1.51. The van der Waals surface area contributed by atoms with Crippen molar-refractivity contribution in [2.75, 3.05) is 33.2 Å². The summed E-state index contributed by atoms with van der Waals surface area (Å²) < 4.78 is 0. The molecule has 2 nitrogen and oxygen atoms in total. The lowest BCUT2D eigenvalue weighted by Gasteiger charge is -2.36. The number of hydrogen-bond acceptors (Lipinski definition) is 2. The standard InChI is InChI=1S/C9H14N2/c1-10-5-7-11(8-6-10)9-3-2-4-9/h3-4,9H,5-8H2,1H3. The van der Waals surface area contributed by atoms with Gasteiger partial charge in [0.1, 0.15) is 0 Å². The monoisotopic (exact) mass is 150 g/mol. The Morgan fingerprint density at radius 2 is 1.82 bits per heavy atom. The van der Waals surface area contributed by atoms with Crippen molar-refractivity contribution in [1.82, 2.24) is 9.80 Å². The molecule has 2 aliphatic rings. The molecule has 1 aliphatic carbocycles. The minimum absolute atomic E-state index is 0.601. The Bertz CT molecular complexity index is 188. The van der Waals surface area contributed by atoms with E-state index in [2.05, 4.69) is 34.7 Å². The van der Waals surface area contributed by atoms with Crippen LogP contribution in [0.25, 0.3) is 0 Å². The van der Waals surface area contributed by atoms with Crippen LogP contribution in [0.5, 0.6) is 0 Å². The molecule has 0 aromatic heterocycles. The molecule has 60 valence electrons. The molecule has 0 aromatic rings. The van der Waals surface area contributed by atoms with E-state index in [0.717, 1.165) is 0 Å². The first kappa shape index (κ1) is 7.11.